The minimum Gasteiger partial charge on any atom is -0.456 e. The van der Waals surface area contributed by atoms with Crippen molar-refractivity contribution in [1.82, 2.24) is 15.2 Å². The van der Waals surface area contributed by atoms with Gasteiger partial charge in [0.15, 0.2) is 0 Å². The molecule has 0 saturated heterocycles. The van der Waals surface area contributed by atoms with Gasteiger partial charge in [-0.1, -0.05) is 23.8 Å². The van der Waals surface area contributed by atoms with Crippen LogP contribution in [0.5, 0.6) is 0 Å². The fourth-order valence-corrected chi connectivity index (χ4v) is 3.29. The van der Waals surface area contributed by atoms with Gasteiger partial charge in [-0.2, -0.15) is 0 Å². The van der Waals surface area contributed by atoms with Crippen LogP contribution in [0.4, 0.5) is 11.4 Å². The average molecular weight is 443 g/mol. The highest BCUT2D eigenvalue weighted by molar-refractivity contribution is 5.97. The maximum Gasteiger partial charge on any atom is 0.340 e. The maximum absolute atomic E-state index is 12.7. The Bertz CT molecular complexity index is 1290. The van der Waals surface area contributed by atoms with Crippen molar-refractivity contribution >= 4 is 17.3 Å². The second-order valence-corrected chi connectivity index (χ2v) is 8.82. The van der Waals surface area contributed by atoms with E-state index in [1.54, 1.807) is 13.1 Å². The summed E-state index contributed by atoms with van der Waals surface area (Å²) in [5.41, 5.74) is 4.88. The lowest BCUT2D eigenvalue weighted by atomic mass is 10.1. The van der Waals surface area contributed by atoms with Gasteiger partial charge in [0.1, 0.15) is 5.60 Å². The van der Waals surface area contributed by atoms with Crippen LogP contribution in [0.15, 0.2) is 65.2 Å². The number of anilines is 2. The van der Waals surface area contributed by atoms with E-state index in [9.17, 15) is 4.79 Å². The molecule has 0 unspecified atom stereocenters. The number of hydrogen-bond acceptors (Lipinski definition) is 7. The van der Waals surface area contributed by atoms with Crippen molar-refractivity contribution in [3.05, 3.63) is 77.8 Å². The molecule has 0 radical (unpaired) electrons. The zero-order valence-electron chi connectivity index (χ0n) is 19.3. The first kappa shape index (κ1) is 22.2. The summed E-state index contributed by atoms with van der Waals surface area (Å²) in [6.07, 6.45) is 1.73. The molecule has 0 aliphatic rings. The molecule has 0 aliphatic carbocycles. The van der Waals surface area contributed by atoms with Crippen LogP contribution in [0.2, 0.25) is 0 Å². The first-order valence-corrected chi connectivity index (χ1v) is 10.7. The van der Waals surface area contributed by atoms with E-state index >= 15 is 0 Å². The van der Waals surface area contributed by atoms with E-state index < -0.39 is 5.60 Å². The van der Waals surface area contributed by atoms with Gasteiger partial charge in [0, 0.05) is 18.1 Å². The Hall–Kier alpha value is -4.00. The highest BCUT2D eigenvalue weighted by atomic mass is 16.6. The summed E-state index contributed by atoms with van der Waals surface area (Å²) >= 11 is 0. The largest absolute Gasteiger partial charge is 0.456 e. The third-order valence-electron chi connectivity index (χ3n) is 4.77. The SMILES string of the molecule is Cc1ccc(Nc2ccc(-c3cccc(-c4nnc(C)o4)c3)nc2)c(C(=O)OC(C)(C)C)c1. The van der Waals surface area contributed by atoms with Gasteiger partial charge >= 0.3 is 5.97 Å². The fraction of sp³-hybridized carbons (Fsp3) is 0.231. The fourth-order valence-electron chi connectivity index (χ4n) is 3.29. The van der Waals surface area contributed by atoms with Crippen LogP contribution in [0, 0.1) is 13.8 Å². The zero-order chi connectivity index (χ0) is 23.6. The molecule has 0 aliphatic heterocycles. The van der Waals surface area contributed by atoms with E-state index in [0.29, 0.717) is 23.0 Å². The van der Waals surface area contributed by atoms with Crippen LogP contribution >= 0.6 is 0 Å². The van der Waals surface area contributed by atoms with E-state index in [-0.39, 0.29) is 5.97 Å². The third-order valence-corrected chi connectivity index (χ3v) is 4.77. The number of aryl methyl sites for hydroxylation is 2. The Morgan fingerprint density at radius 2 is 1.76 bits per heavy atom. The van der Waals surface area contributed by atoms with Gasteiger partial charge < -0.3 is 14.5 Å². The molecule has 0 fully saturated rings. The number of carbonyl (C=O) groups is 1. The minimum atomic E-state index is -0.574. The summed E-state index contributed by atoms with van der Waals surface area (Å²) in [7, 11) is 0. The van der Waals surface area contributed by atoms with Crippen LogP contribution in [0.1, 0.15) is 42.6 Å². The van der Waals surface area contributed by atoms with Crippen molar-refractivity contribution in [2.24, 2.45) is 0 Å². The number of rotatable bonds is 5. The molecule has 1 N–H and O–H groups in total. The molecule has 0 saturated carbocycles. The quantitative estimate of drug-likeness (QED) is 0.373. The van der Waals surface area contributed by atoms with Crippen molar-refractivity contribution in [3.63, 3.8) is 0 Å². The van der Waals surface area contributed by atoms with E-state index in [1.165, 1.54) is 0 Å². The van der Waals surface area contributed by atoms with Gasteiger partial charge in [0.05, 0.1) is 28.8 Å². The summed E-state index contributed by atoms with van der Waals surface area (Å²) in [6, 6.07) is 17.3. The lowest BCUT2D eigenvalue weighted by molar-refractivity contribution is 0.00706. The minimum absolute atomic E-state index is 0.369. The van der Waals surface area contributed by atoms with Crippen molar-refractivity contribution in [2.75, 3.05) is 5.32 Å². The van der Waals surface area contributed by atoms with Crippen LogP contribution in [0.3, 0.4) is 0 Å². The molecule has 4 rings (SSSR count). The second-order valence-electron chi connectivity index (χ2n) is 8.82. The smallest absolute Gasteiger partial charge is 0.340 e. The summed E-state index contributed by atoms with van der Waals surface area (Å²) in [6.45, 7) is 9.26. The van der Waals surface area contributed by atoms with Crippen molar-refractivity contribution < 1.29 is 13.9 Å². The number of carbonyl (C=O) groups excluding carboxylic acids is 1. The number of hydrogen-bond donors (Lipinski definition) is 1. The molecule has 0 atom stereocenters. The molecule has 2 aromatic carbocycles. The van der Waals surface area contributed by atoms with E-state index in [1.807, 2.05) is 82.3 Å². The Balaban J connectivity index is 1.56. The standard InChI is InChI=1S/C26H26N4O3/c1-16-9-11-23(21(13-16)25(31)33-26(3,4)5)28-20-10-12-22(27-15-20)18-7-6-8-19(14-18)24-30-29-17(2)32-24/h6-15,28H,1-5H3. The summed E-state index contributed by atoms with van der Waals surface area (Å²) in [5, 5.41) is 11.3. The second kappa shape index (κ2) is 8.86. The van der Waals surface area contributed by atoms with E-state index in [0.717, 1.165) is 28.1 Å². The van der Waals surface area contributed by atoms with Gasteiger partial charge in [0.2, 0.25) is 11.8 Å². The zero-order valence-corrected chi connectivity index (χ0v) is 19.3. The van der Waals surface area contributed by atoms with E-state index in [2.05, 4.69) is 20.5 Å². The summed E-state index contributed by atoms with van der Waals surface area (Å²) in [5.74, 6) is 0.624. The number of benzene rings is 2. The molecule has 33 heavy (non-hydrogen) atoms. The molecular weight excluding hydrogens is 416 g/mol. The topological polar surface area (TPSA) is 90.1 Å². The lowest BCUT2D eigenvalue weighted by Crippen LogP contribution is -2.24. The number of nitrogens with one attached hydrogen (secondary N) is 1. The normalized spacial score (nSPS) is 11.3. The van der Waals surface area contributed by atoms with Crippen molar-refractivity contribution in [1.29, 1.82) is 0 Å². The molecule has 0 spiro atoms. The van der Waals surface area contributed by atoms with Gasteiger partial charge in [-0.3, -0.25) is 4.98 Å². The Morgan fingerprint density at radius 3 is 2.42 bits per heavy atom. The highest BCUT2D eigenvalue weighted by Crippen LogP contribution is 2.27. The van der Waals surface area contributed by atoms with Gasteiger partial charge in [-0.05, 0) is 64.1 Å². The average Bonchev–Trinajstić information content (AvgIpc) is 3.21. The molecule has 7 heteroatoms. The molecule has 168 valence electrons. The van der Waals surface area contributed by atoms with Crippen LogP contribution in [-0.4, -0.2) is 26.8 Å². The number of esters is 1. The molecule has 7 nitrogen and oxygen atoms in total. The first-order chi connectivity index (χ1) is 15.7. The predicted octanol–water partition coefficient (Wildman–Crippen LogP) is 6.11. The number of pyridine rings is 1. The van der Waals surface area contributed by atoms with Gasteiger partial charge in [0.25, 0.3) is 0 Å². The molecule has 0 amide bonds. The number of aromatic nitrogens is 3. The van der Waals surface area contributed by atoms with E-state index in [4.69, 9.17) is 9.15 Å². The Labute approximate surface area is 192 Å². The lowest BCUT2D eigenvalue weighted by Gasteiger charge is -2.21. The summed E-state index contributed by atoms with van der Waals surface area (Å²) in [4.78, 5) is 17.3. The molecule has 0 bridgehead atoms. The Kier molecular flexibility index (Phi) is 5.96. The summed E-state index contributed by atoms with van der Waals surface area (Å²) < 4.78 is 11.1. The van der Waals surface area contributed by atoms with Gasteiger partial charge in [-0.25, -0.2) is 4.79 Å². The third kappa shape index (κ3) is 5.44. The highest BCUT2D eigenvalue weighted by Gasteiger charge is 2.21. The van der Waals surface area contributed by atoms with Crippen molar-refractivity contribution in [3.8, 4) is 22.7 Å². The number of nitrogens with zero attached hydrogens (tertiary/aromatic N) is 3. The van der Waals surface area contributed by atoms with Gasteiger partial charge in [-0.15, -0.1) is 10.2 Å². The van der Waals surface area contributed by atoms with Crippen molar-refractivity contribution in [2.45, 2.75) is 40.2 Å². The van der Waals surface area contributed by atoms with Crippen LogP contribution in [0.25, 0.3) is 22.7 Å². The molecule has 2 aromatic heterocycles. The van der Waals surface area contributed by atoms with Crippen LogP contribution in [-0.2, 0) is 4.74 Å². The number of ether oxygens (including phenoxy) is 1. The molecular formula is C26H26N4O3. The first-order valence-electron chi connectivity index (χ1n) is 10.7. The molecule has 2 heterocycles. The maximum atomic E-state index is 12.7. The monoisotopic (exact) mass is 442 g/mol. The molecule has 4 aromatic rings. The Morgan fingerprint density at radius 1 is 0.970 bits per heavy atom. The van der Waals surface area contributed by atoms with Crippen LogP contribution < -0.4 is 5.32 Å². The predicted molar refractivity (Wildman–Crippen MR) is 127 cm³/mol.